The maximum atomic E-state index is 11.9. The van der Waals surface area contributed by atoms with Crippen molar-refractivity contribution in [1.29, 1.82) is 0 Å². The molecule has 142 valence electrons. The molecule has 27 heavy (non-hydrogen) atoms. The molecule has 2 aromatic rings. The van der Waals surface area contributed by atoms with Gasteiger partial charge in [-0.25, -0.2) is 8.42 Å². The highest BCUT2D eigenvalue weighted by atomic mass is 35.5. The zero-order valence-electron chi connectivity index (χ0n) is 15.0. The lowest BCUT2D eigenvalue weighted by Crippen LogP contribution is -2.28. The van der Waals surface area contributed by atoms with Crippen LogP contribution in [0.25, 0.3) is 0 Å². The molecule has 0 unspecified atom stereocenters. The Morgan fingerprint density at radius 2 is 1.74 bits per heavy atom. The van der Waals surface area contributed by atoms with Gasteiger partial charge < -0.3 is 4.90 Å². The number of thioether (sulfide) groups is 1. The Hall–Kier alpha value is -1.50. The average molecular weight is 421 g/mol. The molecule has 0 saturated carbocycles. The highest BCUT2D eigenvalue weighted by molar-refractivity contribution is 8.15. The molecule has 0 aliphatic carbocycles. The second kappa shape index (κ2) is 7.49. The predicted molar refractivity (Wildman–Crippen MR) is 115 cm³/mol. The van der Waals surface area contributed by atoms with Crippen molar-refractivity contribution in [2.45, 2.75) is 31.2 Å². The molecule has 0 aromatic heterocycles. The molecule has 0 bridgehead atoms. The zero-order valence-corrected chi connectivity index (χ0v) is 17.4. The number of aryl methyl sites for hydroxylation is 1. The van der Waals surface area contributed by atoms with Crippen molar-refractivity contribution in [3.05, 3.63) is 64.7 Å². The minimum absolute atomic E-state index is 0.0348. The molecule has 0 spiro atoms. The van der Waals surface area contributed by atoms with Crippen molar-refractivity contribution in [3.8, 4) is 0 Å². The summed E-state index contributed by atoms with van der Waals surface area (Å²) in [5.74, 6) is 0.386. The highest BCUT2D eigenvalue weighted by Gasteiger charge is 2.43. The topological polar surface area (TPSA) is 49.7 Å². The lowest BCUT2D eigenvalue weighted by molar-refractivity contribution is 0.601. The van der Waals surface area contributed by atoms with Crippen molar-refractivity contribution >= 4 is 44.1 Å². The van der Waals surface area contributed by atoms with Gasteiger partial charge in [-0.3, -0.25) is 4.99 Å². The van der Waals surface area contributed by atoms with E-state index in [1.807, 2.05) is 24.3 Å². The summed E-state index contributed by atoms with van der Waals surface area (Å²) in [6.07, 6.45) is 0.995. The number of sulfone groups is 1. The van der Waals surface area contributed by atoms with E-state index in [1.165, 1.54) is 5.56 Å². The van der Waals surface area contributed by atoms with Gasteiger partial charge in [-0.2, -0.15) is 0 Å². The van der Waals surface area contributed by atoms with E-state index in [0.717, 1.165) is 22.8 Å². The van der Waals surface area contributed by atoms with Crippen LogP contribution >= 0.6 is 23.4 Å². The number of rotatable bonds is 4. The minimum atomic E-state index is -2.95. The molecule has 4 rings (SSSR count). The van der Waals surface area contributed by atoms with Gasteiger partial charge in [-0.05, 0) is 41.8 Å². The van der Waals surface area contributed by atoms with Gasteiger partial charge in [-0.1, -0.05) is 54.6 Å². The fourth-order valence-electron chi connectivity index (χ4n) is 3.42. The Bertz CT molecular complexity index is 956. The number of amidine groups is 1. The first kappa shape index (κ1) is 18.8. The third kappa shape index (κ3) is 4.18. The summed E-state index contributed by atoms with van der Waals surface area (Å²) in [5, 5.41) is 1.65. The van der Waals surface area contributed by atoms with E-state index >= 15 is 0 Å². The van der Waals surface area contributed by atoms with Crippen LogP contribution in [0.1, 0.15) is 18.1 Å². The van der Waals surface area contributed by atoms with E-state index in [4.69, 9.17) is 16.6 Å². The maximum Gasteiger partial charge on any atom is 0.164 e. The largest absolute Gasteiger partial charge is 0.317 e. The Kier molecular flexibility index (Phi) is 5.23. The van der Waals surface area contributed by atoms with Gasteiger partial charge in [0.25, 0.3) is 0 Å². The first-order chi connectivity index (χ1) is 12.9. The van der Waals surface area contributed by atoms with Crippen LogP contribution in [-0.4, -0.2) is 36.4 Å². The minimum Gasteiger partial charge on any atom is -0.317 e. The van der Waals surface area contributed by atoms with E-state index < -0.39 is 9.84 Å². The molecule has 2 heterocycles. The van der Waals surface area contributed by atoms with Crippen LogP contribution in [0.4, 0.5) is 5.69 Å². The first-order valence-corrected chi connectivity index (χ1v) is 12.1. The predicted octanol–water partition coefficient (Wildman–Crippen LogP) is 4.18. The Labute approximate surface area is 169 Å². The monoisotopic (exact) mass is 420 g/mol. The van der Waals surface area contributed by atoms with E-state index in [0.29, 0.717) is 11.6 Å². The molecule has 2 aliphatic rings. The summed E-state index contributed by atoms with van der Waals surface area (Å²) in [4.78, 5) is 6.96. The van der Waals surface area contributed by atoms with Crippen LogP contribution in [0.15, 0.2) is 53.5 Å². The van der Waals surface area contributed by atoms with Crippen LogP contribution in [0.2, 0.25) is 5.02 Å². The van der Waals surface area contributed by atoms with E-state index in [-0.39, 0.29) is 22.8 Å². The van der Waals surface area contributed by atoms with Gasteiger partial charge in [0.05, 0.1) is 24.1 Å². The van der Waals surface area contributed by atoms with Crippen molar-refractivity contribution in [2.75, 3.05) is 16.4 Å². The lowest BCUT2D eigenvalue weighted by atomic mass is 10.1. The fraction of sp³-hybridized carbons (Fsp3) is 0.350. The third-order valence-electron chi connectivity index (χ3n) is 4.95. The van der Waals surface area contributed by atoms with Crippen molar-refractivity contribution in [3.63, 3.8) is 0 Å². The van der Waals surface area contributed by atoms with Gasteiger partial charge in [0, 0.05) is 16.0 Å². The number of aliphatic imine (C=N–C) groups is 1. The molecule has 1 saturated heterocycles. The SMILES string of the molecule is CCc1ccc(N(Cc2ccc(Cl)cc2)C2=N[C@H]3CS(=O)(=O)C[C@@H]3S2)cc1. The molecule has 1 fully saturated rings. The molecule has 7 heteroatoms. The molecule has 0 amide bonds. The number of benzene rings is 2. The third-order valence-corrected chi connectivity index (χ3v) is 8.45. The lowest BCUT2D eigenvalue weighted by Gasteiger charge is -2.25. The summed E-state index contributed by atoms with van der Waals surface area (Å²) in [6, 6.07) is 16.2. The van der Waals surface area contributed by atoms with E-state index in [1.54, 1.807) is 11.8 Å². The van der Waals surface area contributed by atoms with E-state index in [9.17, 15) is 8.42 Å². The van der Waals surface area contributed by atoms with Crippen LogP contribution in [0.3, 0.4) is 0 Å². The number of hydrogen-bond acceptors (Lipinski definition) is 5. The summed E-state index contributed by atoms with van der Waals surface area (Å²) in [7, 11) is -2.95. The summed E-state index contributed by atoms with van der Waals surface area (Å²) in [5.41, 5.74) is 3.48. The molecule has 0 N–H and O–H groups in total. The zero-order chi connectivity index (χ0) is 19.0. The van der Waals surface area contributed by atoms with Gasteiger partial charge in [0.15, 0.2) is 15.0 Å². The van der Waals surface area contributed by atoms with Gasteiger partial charge in [0.1, 0.15) is 0 Å². The second-order valence-corrected chi connectivity index (χ2v) is 10.7. The Balaban J connectivity index is 1.64. The number of halogens is 1. The van der Waals surface area contributed by atoms with E-state index in [2.05, 4.69) is 36.1 Å². The maximum absolute atomic E-state index is 11.9. The average Bonchev–Trinajstić information content (AvgIpc) is 3.14. The second-order valence-electron chi connectivity index (χ2n) is 6.94. The Morgan fingerprint density at radius 1 is 1.07 bits per heavy atom. The van der Waals surface area contributed by atoms with Gasteiger partial charge in [0.2, 0.25) is 0 Å². The van der Waals surface area contributed by atoms with Crippen LogP contribution in [0.5, 0.6) is 0 Å². The number of anilines is 1. The van der Waals surface area contributed by atoms with Crippen LogP contribution < -0.4 is 4.90 Å². The highest BCUT2D eigenvalue weighted by Crippen LogP contribution is 2.37. The summed E-state index contributed by atoms with van der Waals surface area (Å²) in [6.45, 7) is 2.81. The molecule has 4 nitrogen and oxygen atoms in total. The smallest absolute Gasteiger partial charge is 0.164 e. The van der Waals surface area contributed by atoms with Crippen molar-refractivity contribution in [2.24, 2.45) is 4.99 Å². The first-order valence-electron chi connectivity index (χ1n) is 8.99. The summed E-state index contributed by atoms with van der Waals surface area (Å²) < 4.78 is 23.8. The number of nitrogens with zero attached hydrogens (tertiary/aromatic N) is 2. The normalized spacial score (nSPS) is 23.1. The fourth-order valence-corrected chi connectivity index (χ4v) is 7.33. The quantitative estimate of drug-likeness (QED) is 0.744. The molecule has 2 atom stereocenters. The molecule has 0 radical (unpaired) electrons. The number of hydrogen-bond donors (Lipinski definition) is 0. The molecular weight excluding hydrogens is 400 g/mol. The van der Waals surface area contributed by atoms with Crippen molar-refractivity contribution in [1.82, 2.24) is 0 Å². The molecule has 2 aliphatic heterocycles. The molecule has 2 aromatic carbocycles. The standard InChI is InChI=1S/C20H21ClN2O2S2/c1-2-14-5-9-17(10-6-14)23(11-15-3-7-16(21)8-4-15)20-22-18-12-27(24,25)13-19(18)26-20/h3-10,18-19H,2,11-13H2,1H3/t18-,19-/m0/s1. The van der Waals surface area contributed by atoms with Crippen LogP contribution in [-0.2, 0) is 22.8 Å². The van der Waals surface area contributed by atoms with Crippen LogP contribution in [0, 0.1) is 0 Å². The van der Waals surface area contributed by atoms with Gasteiger partial charge in [-0.15, -0.1) is 0 Å². The van der Waals surface area contributed by atoms with Crippen molar-refractivity contribution < 1.29 is 8.42 Å². The summed E-state index contributed by atoms with van der Waals surface area (Å²) >= 11 is 7.61. The molecular formula is C20H21ClN2O2S2. The Morgan fingerprint density at radius 3 is 2.37 bits per heavy atom. The van der Waals surface area contributed by atoms with Gasteiger partial charge >= 0.3 is 0 Å². The number of fused-ring (bicyclic) bond motifs is 1.